The molecule has 5 heteroatoms. The van der Waals surface area contributed by atoms with Crippen molar-refractivity contribution in [2.45, 2.75) is 33.3 Å². The number of guanidine groups is 1. The van der Waals surface area contributed by atoms with Crippen molar-refractivity contribution in [2.24, 2.45) is 4.99 Å². The Morgan fingerprint density at radius 2 is 1.94 bits per heavy atom. The summed E-state index contributed by atoms with van der Waals surface area (Å²) in [6.45, 7) is 12.8. The van der Waals surface area contributed by atoms with E-state index in [2.05, 4.69) is 41.4 Å². The second-order valence-electron chi connectivity index (χ2n) is 4.98. The molecule has 0 unspecified atom stereocenters. The first-order valence-electron chi connectivity index (χ1n) is 6.71. The predicted octanol–water partition coefficient (Wildman–Crippen LogP) is 0.918. The highest BCUT2D eigenvalue weighted by molar-refractivity contribution is 5.79. The summed E-state index contributed by atoms with van der Waals surface area (Å²) in [5.74, 6) is 0.854. The Kier molecular flexibility index (Phi) is 8.75. The zero-order chi connectivity index (χ0) is 14.0. The Balaban J connectivity index is 4.16. The van der Waals surface area contributed by atoms with Crippen LogP contribution in [0.2, 0.25) is 0 Å². The molecule has 0 atom stereocenters. The Bertz CT molecular complexity index is 241. The summed E-state index contributed by atoms with van der Waals surface area (Å²) >= 11 is 0. The molecule has 0 aliphatic carbocycles. The van der Waals surface area contributed by atoms with Gasteiger partial charge < -0.3 is 20.3 Å². The first-order chi connectivity index (χ1) is 8.45. The molecule has 0 heterocycles. The van der Waals surface area contributed by atoms with Gasteiger partial charge in [0.15, 0.2) is 5.96 Å². The number of nitrogens with zero attached hydrogens (tertiary/aromatic N) is 2. The van der Waals surface area contributed by atoms with Crippen LogP contribution in [0.5, 0.6) is 0 Å². The molecule has 0 aliphatic heterocycles. The van der Waals surface area contributed by atoms with Crippen molar-refractivity contribution in [3.8, 4) is 0 Å². The summed E-state index contributed by atoms with van der Waals surface area (Å²) < 4.78 is 5.36. The van der Waals surface area contributed by atoms with E-state index < -0.39 is 0 Å². The van der Waals surface area contributed by atoms with E-state index in [0.29, 0.717) is 6.54 Å². The molecule has 0 fully saturated rings. The van der Waals surface area contributed by atoms with Gasteiger partial charge in [0.25, 0.3) is 0 Å². The number of hydrogen-bond donors (Lipinski definition) is 2. The molecule has 0 rings (SSSR count). The van der Waals surface area contributed by atoms with Crippen molar-refractivity contribution in [1.29, 1.82) is 0 Å². The van der Waals surface area contributed by atoms with E-state index in [1.165, 1.54) is 0 Å². The van der Waals surface area contributed by atoms with Crippen molar-refractivity contribution in [3.63, 3.8) is 0 Å². The predicted molar refractivity (Wildman–Crippen MR) is 78.2 cm³/mol. The number of rotatable bonds is 8. The van der Waals surface area contributed by atoms with Gasteiger partial charge in [-0.2, -0.15) is 0 Å². The molecule has 0 saturated carbocycles. The van der Waals surface area contributed by atoms with Crippen molar-refractivity contribution >= 4 is 5.96 Å². The van der Waals surface area contributed by atoms with E-state index >= 15 is 0 Å². The van der Waals surface area contributed by atoms with Crippen LogP contribution in [0.4, 0.5) is 0 Å². The van der Waals surface area contributed by atoms with E-state index in [9.17, 15) is 0 Å². The van der Waals surface area contributed by atoms with Gasteiger partial charge in [0.2, 0.25) is 0 Å². The first kappa shape index (κ1) is 17.2. The summed E-state index contributed by atoms with van der Waals surface area (Å²) in [6.07, 6.45) is 0. The highest BCUT2D eigenvalue weighted by Gasteiger charge is 2.15. The molecule has 0 radical (unpaired) electrons. The van der Waals surface area contributed by atoms with Gasteiger partial charge in [-0.25, -0.2) is 0 Å². The first-order valence-corrected chi connectivity index (χ1v) is 6.71. The topological polar surface area (TPSA) is 48.9 Å². The zero-order valence-corrected chi connectivity index (χ0v) is 12.8. The van der Waals surface area contributed by atoms with Gasteiger partial charge in [0.05, 0.1) is 12.1 Å². The van der Waals surface area contributed by atoms with E-state index in [1.54, 1.807) is 7.11 Å². The average Bonchev–Trinajstić information content (AvgIpc) is 2.35. The van der Waals surface area contributed by atoms with Crippen LogP contribution in [0, 0.1) is 0 Å². The van der Waals surface area contributed by atoms with Gasteiger partial charge in [0, 0.05) is 26.7 Å². The van der Waals surface area contributed by atoms with Crippen LogP contribution in [-0.2, 0) is 4.74 Å². The Morgan fingerprint density at radius 1 is 1.28 bits per heavy atom. The van der Waals surface area contributed by atoms with Crippen molar-refractivity contribution in [3.05, 3.63) is 0 Å². The maximum Gasteiger partial charge on any atom is 0.191 e. The molecule has 0 spiro atoms. The highest BCUT2D eigenvalue weighted by Crippen LogP contribution is 2.06. The van der Waals surface area contributed by atoms with E-state index in [1.807, 2.05) is 13.8 Å². The van der Waals surface area contributed by atoms with Gasteiger partial charge >= 0.3 is 0 Å². The lowest BCUT2D eigenvalue weighted by Gasteiger charge is -2.21. The number of nitrogens with one attached hydrogen (secondary N) is 2. The zero-order valence-electron chi connectivity index (χ0n) is 12.8. The largest absolute Gasteiger partial charge is 0.377 e. The molecule has 5 nitrogen and oxygen atoms in total. The maximum absolute atomic E-state index is 5.36. The third kappa shape index (κ3) is 8.31. The summed E-state index contributed by atoms with van der Waals surface area (Å²) in [5.41, 5.74) is -0.220. The number of methoxy groups -OCH3 is 1. The van der Waals surface area contributed by atoms with Gasteiger partial charge in [-0.05, 0) is 34.4 Å². The normalized spacial score (nSPS) is 12.9. The second-order valence-corrected chi connectivity index (χ2v) is 4.98. The minimum atomic E-state index is -0.220. The molecule has 0 aromatic rings. The smallest absolute Gasteiger partial charge is 0.191 e. The maximum atomic E-state index is 5.36. The van der Waals surface area contributed by atoms with Crippen LogP contribution in [0.25, 0.3) is 0 Å². The van der Waals surface area contributed by atoms with Gasteiger partial charge in [-0.3, -0.25) is 4.99 Å². The number of ether oxygens (including phenoxy) is 1. The van der Waals surface area contributed by atoms with Crippen LogP contribution in [0.15, 0.2) is 4.99 Å². The molecule has 2 N–H and O–H groups in total. The minimum Gasteiger partial charge on any atom is -0.377 e. The Labute approximate surface area is 112 Å². The Morgan fingerprint density at radius 3 is 2.44 bits per heavy atom. The molecular weight excluding hydrogens is 228 g/mol. The lowest BCUT2D eigenvalue weighted by atomic mass is 10.1. The molecule has 108 valence electrons. The van der Waals surface area contributed by atoms with Crippen molar-refractivity contribution in [2.75, 3.05) is 46.9 Å². The third-order valence-corrected chi connectivity index (χ3v) is 2.84. The summed E-state index contributed by atoms with van der Waals surface area (Å²) in [6, 6.07) is 0. The second kappa shape index (κ2) is 9.16. The van der Waals surface area contributed by atoms with E-state index in [4.69, 9.17) is 4.74 Å². The van der Waals surface area contributed by atoms with Crippen LogP contribution >= 0.6 is 0 Å². The number of hydrogen-bond acceptors (Lipinski definition) is 3. The molecule has 0 saturated heterocycles. The van der Waals surface area contributed by atoms with Crippen molar-refractivity contribution in [1.82, 2.24) is 15.5 Å². The van der Waals surface area contributed by atoms with Crippen LogP contribution < -0.4 is 10.6 Å². The molecule has 0 aliphatic rings. The monoisotopic (exact) mass is 258 g/mol. The van der Waals surface area contributed by atoms with E-state index in [-0.39, 0.29) is 5.60 Å². The molecule has 0 bridgehead atoms. The fourth-order valence-electron chi connectivity index (χ4n) is 1.20. The molecular formula is C13H30N4O. The van der Waals surface area contributed by atoms with Crippen molar-refractivity contribution < 1.29 is 4.74 Å². The molecule has 0 aromatic carbocycles. The molecule has 0 amide bonds. The fraction of sp³-hybridized carbons (Fsp3) is 0.923. The standard InChI is InChI=1S/C13H30N4O/c1-7-14-12(15-9-10-17(5)8-2)16-11-13(3,4)18-6/h7-11H2,1-6H3,(H2,14,15,16). The highest BCUT2D eigenvalue weighted by atomic mass is 16.5. The number of aliphatic imine (C=N–C) groups is 1. The minimum absolute atomic E-state index is 0.220. The quantitative estimate of drug-likeness (QED) is 0.502. The lowest BCUT2D eigenvalue weighted by Crippen LogP contribution is -2.42. The SMILES string of the molecule is CCNC(=NCC(C)(C)OC)NCCN(C)CC. The Hall–Kier alpha value is -0.810. The number of likely N-dealkylation sites (N-methyl/N-ethyl adjacent to an activating group) is 1. The summed E-state index contributed by atoms with van der Waals surface area (Å²) in [4.78, 5) is 6.79. The average molecular weight is 258 g/mol. The van der Waals surface area contributed by atoms with Crippen LogP contribution in [-0.4, -0.2) is 63.3 Å². The van der Waals surface area contributed by atoms with E-state index in [0.717, 1.165) is 32.1 Å². The molecule has 0 aromatic heterocycles. The van der Waals surface area contributed by atoms with Gasteiger partial charge in [-0.15, -0.1) is 0 Å². The van der Waals surface area contributed by atoms with Crippen LogP contribution in [0.1, 0.15) is 27.7 Å². The molecule has 18 heavy (non-hydrogen) atoms. The lowest BCUT2D eigenvalue weighted by molar-refractivity contribution is 0.0310. The van der Waals surface area contributed by atoms with Gasteiger partial charge in [-0.1, -0.05) is 6.92 Å². The fourth-order valence-corrected chi connectivity index (χ4v) is 1.20. The summed E-state index contributed by atoms with van der Waals surface area (Å²) in [7, 11) is 3.83. The summed E-state index contributed by atoms with van der Waals surface area (Å²) in [5, 5.41) is 6.56. The third-order valence-electron chi connectivity index (χ3n) is 2.84. The van der Waals surface area contributed by atoms with Gasteiger partial charge in [0.1, 0.15) is 0 Å². The van der Waals surface area contributed by atoms with Crippen LogP contribution in [0.3, 0.4) is 0 Å².